The largest absolute Gasteiger partial charge is 0.461 e. The van der Waals surface area contributed by atoms with Gasteiger partial charge in [0.05, 0.1) is 10.6 Å². The minimum atomic E-state index is -4.05. The summed E-state index contributed by atoms with van der Waals surface area (Å²) in [5.41, 5.74) is 1.15. The summed E-state index contributed by atoms with van der Waals surface area (Å²) < 4.78 is 28.7. The fourth-order valence-corrected chi connectivity index (χ4v) is 3.92. The Labute approximate surface area is 142 Å². The molecule has 3 rings (SSSR count). The van der Waals surface area contributed by atoms with E-state index in [9.17, 15) is 13.2 Å². The van der Waals surface area contributed by atoms with E-state index < -0.39 is 9.05 Å². The Morgan fingerprint density at radius 3 is 2.52 bits per heavy atom. The highest BCUT2D eigenvalue weighted by molar-refractivity contribution is 8.13. The van der Waals surface area contributed by atoms with Crippen LogP contribution in [-0.4, -0.2) is 14.2 Å². The number of carbonyl (C=O) groups excluding carboxylic acids is 1. The van der Waals surface area contributed by atoms with E-state index in [-0.39, 0.29) is 21.3 Å². The topological polar surface area (TPSA) is 64.3 Å². The van der Waals surface area contributed by atoms with Gasteiger partial charge in [0.1, 0.15) is 16.2 Å². The zero-order valence-electron chi connectivity index (χ0n) is 11.8. The van der Waals surface area contributed by atoms with Crippen LogP contribution in [0, 0.1) is 6.92 Å². The number of rotatable bonds is 3. The van der Waals surface area contributed by atoms with Crippen molar-refractivity contribution in [3.8, 4) is 0 Å². The second-order valence-electron chi connectivity index (χ2n) is 4.94. The third-order valence-electron chi connectivity index (χ3n) is 3.45. The van der Waals surface area contributed by atoms with E-state index in [1.807, 2.05) is 0 Å². The molecule has 4 nitrogen and oxygen atoms in total. The summed E-state index contributed by atoms with van der Waals surface area (Å²) in [4.78, 5) is 12.5. The molecule has 0 amide bonds. The normalized spacial score (nSPS) is 11.8. The summed E-state index contributed by atoms with van der Waals surface area (Å²) in [6.07, 6.45) is 0. The van der Waals surface area contributed by atoms with Crippen molar-refractivity contribution < 1.29 is 17.6 Å². The van der Waals surface area contributed by atoms with Gasteiger partial charge < -0.3 is 4.42 Å². The number of halogens is 2. The predicted molar refractivity (Wildman–Crippen MR) is 88.9 cm³/mol. The van der Waals surface area contributed by atoms with Crippen LogP contribution in [0.4, 0.5) is 0 Å². The maximum Gasteiger partial charge on any atom is 0.262 e. The Morgan fingerprint density at radius 2 is 1.83 bits per heavy atom. The molecular formula is C16H10Cl2O4S. The third kappa shape index (κ3) is 2.87. The van der Waals surface area contributed by atoms with E-state index in [2.05, 4.69) is 0 Å². The number of hydrogen-bond acceptors (Lipinski definition) is 4. The predicted octanol–water partition coefficient (Wildman–Crippen LogP) is 4.55. The number of benzene rings is 2. The van der Waals surface area contributed by atoms with E-state index in [4.69, 9.17) is 26.7 Å². The zero-order chi connectivity index (χ0) is 16.8. The lowest BCUT2D eigenvalue weighted by molar-refractivity contribution is 0.103. The van der Waals surface area contributed by atoms with Crippen LogP contribution in [0.2, 0.25) is 5.02 Å². The van der Waals surface area contributed by atoms with Crippen LogP contribution in [0.25, 0.3) is 11.0 Å². The van der Waals surface area contributed by atoms with Gasteiger partial charge in [0.25, 0.3) is 9.05 Å². The molecule has 23 heavy (non-hydrogen) atoms. The molecule has 0 aliphatic rings. The molecule has 0 N–H and O–H groups in total. The van der Waals surface area contributed by atoms with Crippen molar-refractivity contribution in [3.63, 3.8) is 0 Å². The number of para-hydroxylation sites is 1. The first-order valence-electron chi connectivity index (χ1n) is 6.56. The Hall–Kier alpha value is -1.82. The molecule has 1 aromatic heterocycles. The smallest absolute Gasteiger partial charge is 0.262 e. The van der Waals surface area contributed by atoms with E-state index in [0.29, 0.717) is 22.3 Å². The SMILES string of the molecule is Cc1oc2ccccc2c1C(=O)c1ccc(Cl)c(S(=O)(=O)Cl)c1. The molecule has 0 atom stereocenters. The monoisotopic (exact) mass is 368 g/mol. The van der Waals surface area contributed by atoms with Gasteiger partial charge in [-0.3, -0.25) is 4.79 Å². The molecular weight excluding hydrogens is 359 g/mol. The molecule has 0 spiro atoms. The molecule has 0 radical (unpaired) electrons. The van der Waals surface area contributed by atoms with Gasteiger partial charge in [0.2, 0.25) is 0 Å². The fraction of sp³-hybridized carbons (Fsp3) is 0.0625. The van der Waals surface area contributed by atoms with Gasteiger partial charge in [-0.1, -0.05) is 29.8 Å². The summed E-state index contributed by atoms with van der Waals surface area (Å²) in [5.74, 6) is 0.104. The molecule has 1 heterocycles. The Balaban J connectivity index is 2.19. The second kappa shape index (κ2) is 5.67. The van der Waals surface area contributed by atoms with Crippen LogP contribution < -0.4 is 0 Å². The number of hydrogen-bond donors (Lipinski definition) is 0. The molecule has 118 valence electrons. The van der Waals surface area contributed by atoms with Crippen molar-refractivity contribution in [2.24, 2.45) is 0 Å². The molecule has 0 bridgehead atoms. The van der Waals surface area contributed by atoms with E-state index in [1.165, 1.54) is 18.2 Å². The van der Waals surface area contributed by atoms with Crippen LogP contribution >= 0.6 is 22.3 Å². The van der Waals surface area contributed by atoms with Gasteiger partial charge in [0.15, 0.2) is 5.78 Å². The average molecular weight is 369 g/mol. The zero-order valence-corrected chi connectivity index (χ0v) is 14.2. The van der Waals surface area contributed by atoms with Gasteiger partial charge in [-0.2, -0.15) is 0 Å². The van der Waals surface area contributed by atoms with Gasteiger partial charge in [0, 0.05) is 21.6 Å². The highest BCUT2D eigenvalue weighted by Crippen LogP contribution is 2.30. The van der Waals surface area contributed by atoms with E-state index in [0.717, 1.165) is 0 Å². The Bertz CT molecular complexity index is 1040. The quantitative estimate of drug-likeness (QED) is 0.502. The summed E-state index contributed by atoms with van der Waals surface area (Å²) in [6.45, 7) is 1.68. The first-order chi connectivity index (χ1) is 10.8. The second-order valence-corrected chi connectivity index (χ2v) is 7.88. The van der Waals surface area contributed by atoms with Crippen LogP contribution in [0.5, 0.6) is 0 Å². The maximum absolute atomic E-state index is 12.8. The summed E-state index contributed by atoms with van der Waals surface area (Å²) in [6, 6.07) is 11.1. The highest BCUT2D eigenvalue weighted by Gasteiger charge is 2.22. The standard InChI is InChI=1S/C16H10Cl2O4S/c1-9-15(11-4-2-3-5-13(11)22-9)16(19)10-6-7-12(17)14(8-10)23(18,20)21/h2-8H,1H3. The Morgan fingerprint density at radius 1 is 1.13 bits per heavy atom. The molecule has 0 aliphatic carbocycles. The number of carbonyl (C=O) groups is 1. The van der Waals surface area contributed by atoms with Crippen molar-refractivity contribution in [2.45, 2.75) is 11.8 Å². The van der Waals surface area contributed by atoms with E-state index in [1.54, 1.807) is 31.2 Å². The van der Waals surface area contributed by atoms with Crippen LogP contribution in [-0.2, 0) is 9.05 Å². The van der Waals surface area contributed by atoms with Crippen molar-refractivity contribution in [1.29, 1.82) is 0 Å². The molecule has 0 aliphatic heterocycles. The Kier molecular flexibility index (Phi) is 3.96. The molecule has 0 unspecified atom stereocenters. The number of fused-ring (bicyclic) bond motifs is 1. The number of ketones is 1. The minimum Gasteiger partial charge on any atom is -0.461 e. The molecule has 0 saturated carbocycles. The van der Waals surface area contributed by atoms with Gasteiger partial charge in [-0.15, -0.1) is 0 Å². The first-order valence-corrected chi connectivity index (χ1v) is 9.25. The fourth-order valence-electron chi connectivity index (χ4n) is 2.43. The molecule has 0 saturated heterocycles. The van der Waals surface area contributed by atoms with E-state index >= 15 is 0 Å². The number of furan rings is 1. The van der Waals surface area contributed by atoms with Crippen molar-refractivity contribution >= 4 is 48.1 Å². The molecule has 0 fully saturated rings. The molecule has 7 heteroatoms. The van der Waals surface area contributed by atoms with Crippen molar-refractivity contribution in [1.82, 2.24) is 0 Å². The summed E-state index contributed by atoms with van der Waals surface area (Å²) in [5, 5.41) is 0.630. The maximum atomic E-state index is 12.8. The van der Waals surface area contributed by atoms with Crippen molar-refractivity contribution in [3.05, 3.63) is 64.4 Å². The van der Waals surface area contributed by atoms with Crippen LogP contribution in [0.15, 0.2) is 51.8 Å². The third-order valence-corrected chi connectivity index (χ3v) is 5.26. The average Bonchev–Trinajstić information content (AvgIpc) is 2.81. The van der Waals surface area contributed by atoms with Gasteiger partial charge in [-0.05, 0) is 31.2 Å². The summed E-state index contributed by atoms with van der Waals surface area (Å²) in [7, 11) is 1.30. The summed E-state index contributed by atoms with van der Waals surface area (Å²) >= 11 is 5.84. The minimum absolute atomic E-state index is 0.0367. The lowest BCUT2D eigenvalue weighted by atomic mass is 10.0. The lowest BCUT2D eigenvalue weighted by Gasteiger charge is -2.05. The van der Waals surface area contributed by atoms with Crippen molar-refractivity contribution in [2.75, 3.05) is 0 Å². The highest BCUT2D eigenvalue weighted by atomic mass is 35.7. The van der Waals surface area contributed by atoms with Gasteiger partial charge >= 0.3 is 0 Å². The van der Waals surface area contributed by atoms with Crippen LogP contribution in [0.3, 0.4) is 0 Å². The van der Waals surface area contributed by atoms with Crippen LogP contribution in [0.1, 0.15) is 21.7 Å². The molecule has 2 aromatic carbocycles. The number of aryl methyl sites for hydroxylation is 1. The molecule has 3 aromatic rings. The lowest BCUT2D eigenvalue weighted by Crippen LogP contribution is -2.04. The van der Waals surface area contributed by atoms with Gasteiger partial charge in [-0.25, -0.2) is 8.42 Å². The first kappa shape index (κ1) is 16.1.